The van der Waals surface area contributed by atoms with E-state index < -0.39 is 35.6 Å². The molecule has 2 bridgehead atoms. The van der Waals surface area contributed by atoms with Gasteiger partial charge in [0.15, 0.2) is 0 Å². The predicted octanol–water partition coefficient (Wildman–Crippen LogP) is 4.43. The van der Waals surface area contributed by atoms with E-state index >= 15 is 0 Å². The lowest BCUT2D eigenvalue weighted by atomic mass is 9.70. The normalized spacial score (nSPS) is 28.6. The number of aliphatic hydroxyl groups excluding tert-OH is 1. The number of rotatable bonds is 10. The summed E-state index contributed by atoms with van der Waals surface area (Å²) in [6, 6.07) is 11.3. The Bertz CT molecular complexity index is 1350. The molecule has 2 aromatic rings. The van der Waals surface area contributed by atoms with Crippen molar-refractivity contribution in [3.05, 3.63) is 53.6 Å². The number of likely N-dealkylation sites (tertiary alicyclic amines) is 1. The van der Waals surface area contributed by atoms with E-state index in [1.54, 1.807) is 24.3 Å². The molecule has 3 aliphatic rings. The van der Waals surface area contributed by atoms with E-state index in [1.165, 1.54) is 4.90 Å². The van der Waals surface area contributed by atoms with Gasteiger partial charge in [0.05, 0.1) is 37.2 Å². The number of amides is 3. The van der Waals surface area contributed by atoms with Crippen LogP contribution >= 0.6 is 15.9 Å². The van der Waals surface area contributed by atoms with Gasteiger partial charge in [0.25, 0.3) is 0 Å². The van der Waals surface area contributed by atoms with Gasteiger partial charge >= 0.3 is 0 Å². The zero-order valence-electron chi connectivity index (χ0n) is 24.7. The summed E-state index contributed by atoms with van der Waals surface area (Å²) in [4.78, 5) is 43.7. The number of aryl methyl sites for hydroxylation is 2. The number of ether oxygens (including phenoxy) is 2. The molecule has 0 saturated carbocycles. The van der Waals surface area contributed by atoms with E-state index in [2.05, 4.69) is 26.6 Å². The minimum Gasteiger partial charge on any atom is -0.494 e. The highest BCUT2D eigenvalue weighted by Crippen LogP contribution is 2.60. The smallest absolute Gasteiger partial charge is 0.250 e. The van der Waals surface area contributed by atoms with Gasteiger partial charge in [-0.05, 0) is 81.0 Å². The second-order valence-electron chi connectivity index (χ2n) is 12.1. The van der Waals surface area contributed by atoms with Crippen LogP contribution in [-0.4, -0.2) is 69.6 Å². The number of alkyl halides is 1. The number of hydrogen-bond donors (Lipinski definition) is 3. The largest absolute Gasteiger partial charge is 0.494 e. The second kappa shape index (κ2) is 12.0. The van der Waals surface area contributed by atoms with Gasteiger partial charge in [0.1, 0.15) is 17.4 Å². The van der Waals surface area contributed by atoms with Crippen LogP contribution in [0.15, 0.2) is 42.5 Å². The molecule has 5 rings (SSSR count). The molecule has 3 fully saturated rings. The molecular weight excluding hydrogens is 602 g/mol. The Morgan fingerprint density at radius 2 is 1.86 bits per heavy atom. The molecule has 3 amide bonds. The van der Waals surface area contributed by atoms with E-state index in [-0.39, 0.29) is 35.1 Å². The Hall–Kier alpha value is -2.95. The van der Waals surface area contributed by atoms with Crippen LogP contribution in [0.2, 0.25) is 0 Å². The summed E-state index contributed by atoms with van der Waals surface area (Å²) in [6.07, 6.45) is 0.308. The molecule has 9 nitrogen and oxygen atoms in total. The Balaban J connectivity index is 1.51. The molecule has 3 heterocycles. The number of hydrogen-bond acceptors (Lipinski definition) is 6. The number of halogens is 1. The molecule has 1 spiro atoms. The lowest BCUT2D eigenvalue weighted by molar-refractivity contribution is -0.143. The minimum absolute atomic E-state index is 0.163. The number of benzene rings is 2. The summed E-state index contributed by atoms with van der Waals surface area (Å²) in [5, 5.41) is 16.5. The van der Waals surface area contributed by atoms with Crippen molar-refractivity contribution >= 4 is 45.0 Å². The molecule has 0 radical (unpaired) electrons. The van der Waals surface area contributed by atoms with E-state index in [0.29, 0.717) is 36.6 Å². The maximum Gasteiger partial charge on any atom is 0.250 e. The maximum absolute atomic E-state index is 14.4. The van der Waals surface area contributed by atoms with Gasteiger partial charge in [-0.2, -0.15) is 0 Å². The van der Waals surface area contributed by atoms with Crippen LogP contribution < -0.4 is 15.4 Å². The van der Waals surface area contributed by atoms with Crippen LogP contribution in [0.1, 0.15) is 44.7 Å². The molecule has 0 aromatic heterocycles. The zero-order valence-corrected chi connectivity index (χ0v) is 26.3. The summed E-state index contributed by atoms with van der Waals surface area (Å²) >= 11 is 3.71. The molecule has 42 heavy (non-hydrogen) atoms. The first kappa shape index (κ1) is 30.5. The summed E-state index contributed by atoms with van der Waals surface area (Å²) in [5.74, 6) is -1.88. The standard InChI is InChI=1S/C32H40BrN3O6/c1-6-41-22-11-9-20(10-12-22)34-29(38)25-26-31(40)36(21(16-37)13-17(2)3)28(32(26)15-23(33)27(25)42-32)30(39)35-24-14-18(4)7-8-19(24)5/h7-12,14,17,21,23,25-28,37H,6,13,15-16H2,1-5H3,(H,34,38)(H,35,39)/t21-,23?,25+,26+,27+,28?,32?/m1/s1. The lowest BCUT2D eigenvalue weighted by Gasteiger charge is -2.37. The summed E-state index contributed by atoms with van der Waals surface area (Å²) in [5.41, 5.74) is 1.89. The number of anilines is 2. The molecule has 2 aromatic carbocycles. The van der Waals surface area contributed by atoms with Crippen LogP contribution in [0.3, 0.4) is 0 Å². The van der Waals surface area contributed by atoms with E-state index in [1.807, 2.05) is 52.8 Å². The molecule has 3 unspecified atom stereocenters. The molecule has 3 aliphatic heterocycles. The fourth-order valence-electron chi connectivity index (χ4n) is 6.98. The van der Waals surface area contributed by atoms with Crippen LogP contribution in [-0.2, 0) is 19.1 Å². The fraction of sp³-hybridized carbons (Fsp3) is 0.531. The summed E-state index contributed by atoms with van der Waals surface area (Å²) < 4.78 is 12.1. The number of aliphatic hydroxyl groups is 1. The van der Waals surface area contributed by atoms with Crippen molar-refractivity contribution in [3.8, 4) is 5.75 Å². The molecule has 3 saturated heterocycles. The van der Waals surface area contributed by atoms with Crippen molar-refractivity contribution in [3.63, 3.8) is 0 Å². The van der Waals surface area contributed by atoms with E-state index in [4.69, 9.17) is 9.47 Å². The van der Waals surface area contributed by atoms with Crippen molar-refractivity contribution in [1.29, 1.82) is 0 Å². The van der Waals surface area contributed by atoms with Gasteiger partial charge in [-0.15, -0.1) is 0 Å². The number of nitrogens with zero attached hydrogens (tertiary/aromatic N) is 1. The first-order valence-electron chi connectivity index (χ1n) is 14.7. The van der Waals surface area contributed by atoms with Gasteiger partial charge in [-0.25, -0.2) is 0 Å². The Labute approximate surface area is 255 Å². The first-order valence-corrected chi connectivity index (χ1v) is 15.6. The minimum atomic E-state index is -1.22. The van der Waals surface area contributed by atoms with Crippen LogP contribution in [0.5, 0.6) is 5.75 Å². The number of carbonyl (C=O) groups excluding carboxylic acids is 3. The molecular formula is C32H40BrN3O6. The van der Waals surface area contributed by atoms with Crippen molar-refractivity contribution in [1.82, 2.24) is 4.90 Å². The topological polar surface area (TPSA) is 117 Å². The number of carbonyl (C=O) groups is 3. The third-order valence-corrected chi connectivity index (χ3v) is 9.55. The third kappa shape index (κ3) is 5.33. The van der Waals surface area contributed by atoms with Crippen molar-refractivity contribution in [2.24, 2.45) is 17.8 Å². The van der Waals surface area contributed by atoms with Gasteiger partial charge in [-0.1, -0.05) is 41.9 Å². The average molecular weight is 643 g/mol. The fourth-order valence-corrected chi connectivity index (χ4v) is 7.92. The molecule has 7 atom stereocenters. The Morgan fingerprint density at radius 3 is 2.50 bits per heavy atom. The molecule has 3 N–H and O–H groups in total. The molecule has 10 heteroatoms. The highest BCUT2D eigenvalue weighted by Gasteiger charge is 2.77. The van der Waals surface area contributed by atoms with Gasteiger partial charge in [-0.3, -0.25) is 14.4 Å². The first-order chi connectivity index (χ1) is 20.0. The summed E-state index contributed by atoms with van der Waals surface area (Å²) in [7, 11) is 0. The van der Waals surface area contributed by atoms with Crippen molar-refractivity contribution < 1.29 is 29.0 Å². The van der Waals surface area contributed by atoms with Gasteiger partial charge in [0, 0.05) is 16.2 Å². The molecule has 0 aliphatic carbocycles. The highest BCUT2D eigenvalue weighted by molar-refractivity contribution is 9.09. The van der Waals surface area contributed by atoms with E-state index in [0.717, 1.165) is 11.1 Å². The highest BCUT2D eigenvalue weighted by atomic mass is 79.9. The second-order valence-corrected chi connectivity index (χ2v) is 13.3. The Morgan fingerprint density at radius 1 is 1.14 bits per heavy atom. The zero-order chi connectivity index (χ0) is 30.3. The SMILES string of the molecule is CCOc1ccc(NC(=O)[C@H]2[C@H]3C(=O)N([C@@H](CO)CC(C)C)C(C(=O)Nc4cc(C)ccc4C)C34CC(Br)[C@@H]2O4)cc1. The summed E-state index contributed by atoms with van der Waals surface area (Å²) in [6.45, 7) is 10.0. The maximum atomic E-state index is 14.4. The van der Waals surface area contributed by atoms with E-state index in [9.17, 15) is 19.5 Å². The number of fused-ring (bicyclic) bond motifs is 1. The number of nitrogens with one attached hydrogen (secondary N) is 2. The van der Waals surface area contributed by atoms with Crippen LogP contribution in [0, 0.1) is 31.6 Å². The van der Waals surface area contributed by atoms with Crippen LogP contribution in [0.25, 0.3) is 0 Å². The lowest BCUT2D eigenvalue weighted by Crippen LogP contribution is -2.57. The quantitative estimate of drug-likeness (QED) is 0.330. The van der Waals surface area contributed by atoms with Crippen LogP contribution in [0.4, 0.5) is 11.4 Å². The van der Waals surface area contributed by atoms with Crippen molar-refractivity contribution in [2.45, 2.75) is 76.1 Å². The Kier molecular flexibility index (Phi) is 8.70. The molecule has 226 valence electrons. The third-order valence-electron chi connectivity index (χ3n) is 8.71. The van der Waals surface area contributed by atoms with Gasteiger partial charge < -0.3 is 30.1 Å². The average Bonchev–Trinajstić information content (AvgIpc) is 3.53. The monoisotopic (exact) mass is 641 g/mol. The predicted molar refractivity (Wildman–Crippen MR) is 164 cm³/mol. The van der Waals surface area contributed by atoms with Gasteiger partial charge in [0.2, 0.25) is 17.7 Å². The van der Waals surface area contributed by atoms with Crippen molar-refractivity contribution in [2.75, 3.05) is 23.8 Å².